The molecule has 0 aromatic heterocycles. The van der Waals surface area contributed by atoms with Crippen LogP contribution in [0.15, 0.2) is 77.7 Å². The topological polar surface area (TPSA) is 96.0 Å². The van der Waals surface area contributed by atoms with E-state index in [-0.39, 0.29) is 34.5 Å². The lowest BCUT2D eigenvalue weighted by Crippen LogP contribution is -2.52. The SMILES string of the molecule is CCNC(=O)[C@H](CC)N(Cc1ccc(F)cc1)C(=O)CN(c1cccc(Cl)c1)S(=O)(=O)c1ccc(OC)cc1. The van der Waals surface area contributed by atoms with Crippen LogP contribution in [0.5, 0.6) is 5.75 Å². The van der Waals surface area contributed by atoms with Gasteiger partial charge in [0.2, 0.25) is 11.8 Å². The van der Waals surface area contributed by atoms with E-state index in [9.17, 15) is 22.4 Å². The van der Waals surface area contributed by atoms with Crippen LogP contribution in [-0.2, 0) is 26.2 Å². The van der Waals surface area contributed by atoms with Crippen molar-refractivity contribution < 1.29 is 27.1 Å². The number of amides is 2. The summed E-state index contributed by atoms with van der Waals surface area (Å²) >= 11 is 6.18. The molecule has 0 unspecified atom stereocenters. The molecule has 0 fully saturated rings. The third-order valence-corrected chi connectivity index (χ3v) is 8.05. The number of benzene rings is 3. The molecule has 8 nitrogen and oxygen atoms in total. The van der Waals surface area contributed by atoms with Crippen molar-refractivity contribution in [1.82, 2.24) is 10.2 Å². The Morgan fingerprint density at radius 3 is 2.26 bits per heavy atom. The summed E-state index contributed by atoms with van der Waals surface area (Å²) in [5, 5.41) is 3.02. The number of carbonyl (C=O) groups is 2. The average Bonchev–Trinajstić information content (AvgIpc) is 2.92. The van der Waals surface area contributed by atoms with Crippen LogP contribution in [0.2, 0.25) is 5.02 Å². The molecule has 1 N–H and O–H groups in total. The Kier molecular flexibility index (Phi) is 10.3. The lowest BCUT2D eigenvalue weighted by atomic mass is 10.1. The van der Waals surface area contributed by atoms with Gasteiger partial charge in [-0.05, 0) is 73.5 Å². The van der Waals surface area contributed by atoms with Crippen LogP contribution in [0.25, 0.3) is 0 Å². The summed E-state index contributed by atoms with van der Waals surface area (Å²) in [4.78, 5) is 28.1. The van der Waals surface area contributed by atoms with Gasteiger partial charge in [-0.15, -0.1) is 0 Å². The Morgan fingerprint density at radius 1 is 1.03 bits per heavy atom. The molecule has 11 heteroatoms. The normalized spacial score (nSPS) is 11.9. The fraction of sp³-hybridized carbons (Fsp3) is 0.286. The van der Waals surface area contributed by atoms with Gasteiger partial charge in [0.05, 0.1) is 17.7 Å². The molecule has 3 aromatic carbocycles. The van der Waals surface area contributed by atoms with E-state index < -0.39 is 34.3 Å². The summed E-state index contributed by atoms with van der Waals surface area (Å²) in [6.45, 7) is 3.24. The van der Waals surface area contributed by atoms with E-state index in [2.05, 4.69) is 5.32 Å². The molecule has 2 amide bonds. The fourth-order valence-electron chi connectivity index (χ4n) is 4.03. The quantitative estimate of drug-likeness (QED) is 0.340. The van der Waals surface area contributed by atoms with Crippen molar-refractivity contribution in [2.75, 3.05) is 24.5 Å². The van der Waals surface area contributed by atoms with Crippen molar-refractivity contribution in [3.05, 3.63) is 89.2 Å². The number of anilines is 1. The van der Waals surface area contributed by atoms with Crippen LogP contribution in [-0.4, -0.2) is 51.4 Å². The highest BCUT2D eigenvalue weighted by molar-refractivity contribution is 7.92. The van der Waals surface area contributed by atoms with Gasteiger partial charge in [-0.2, -0.15) is 0 Å². The van der Waals surface area contributed by atoms with Crippen LogP contribution >= 0.6 is 11.6 Å². The number of halogens is 2. The lowest BCUT2D eigenvalue weighted by Gasteiger charge is -2.33. The van der Waals surface area contributed by atoms with Crippen LogP contribution in [0.3, 0.4) is 0 Å². The summed E-state index contributed by atoms with van der Waals surface area (Å²) < 4.78 is 47.3. The van der Waals surface area contributed by atoms with Gasteiger partial charge in [-0.25, -0.2) is 12.8 Å². The minimum atomic E-state index is -4.24. The predicted molar refractivity (Wildman–Crippen MR) is 149 cm³/mol. The molecular formula is C28H31ClFN3O5S. The first-order chi connectivity index (χ1) is 18.6. The molecule has 0 bridgehead atoms. The summed E-state index contributed by atoms with van der Waals surface area (Å²) in [6.07, 6.45) is 0.279. The van der Waals surface area contributed by atoms with Gasteiger partial charge in [-0.3, -0.25) is 13.9 Å². The van der Waals surface area contributed by atoms with E-state index in [1.165, 1.54) is 72.7 Å². The molecule has 208 valence electrons. The molecule has 0 aliphatic carbocycles. The smallest absolute Gasteiger partial charge is 0.264 e. The lowest BCUT2D eigenvalue weighted by molar-refractivity contribution is -0.140. The molecule has 0 radical (unpaired) electrons. The Hall–Kier alpha value is -3.63. The molecule has 3 aromatic rings. The molecule has 1 atom stereocenters. The predicted octanol–water partition coefficient (Wildman–Crippen LogP) is 4.63. The number of hydrogen-bond donors (Lipinski definition) is 1. The maximum Gasteiger partial charge on any atom is 0.264 e. The Bertz CT molecular complexity index is 1390. The van der Waals surface area contributed by atoms with Gasteiger partial charge in [0.1, 0.15) is 24.2 Å². The van der Waals surface area contributed by atoms with Crippen LogP contribution in [0, 0.1) is 5.82 Å². The number of nitrogens with one attached hydrogen (secondary N) is 1. The van der Waals surface area contributed by atoms with Crippen LogP contribution < -0.4 is 14.4 Å². The minimum absolute atomic E-state index is 0.0271. The highest BCUT2D eigenvalue weighted by atomic mass is 35.5. The van der Waals surface area contributed by atoms with Crippen molar-refractivity contribution in [3.8, 4) is 5.75 Å². The number of likely N-dealkylation sites (N-methyl/N-ethyl adjacent to an activating group) is 1. The van der Waals surface area contributed by atoms with Gasteiger partial charge in [0.15, 0.2) is 0 Å². The van der Waals surface area contributed by atoms with Crippen LogP contribution in [0.4, 0.5) is 10.1 Å². The first-order valence-corrected chi connectivity index (χ1v) is 14.2. The van der Waals surface area contributed by atoms with Gasteiger partial charge in [0, 0.05) is 18.1 Å². The first-order valence-electron chi connectivity index (χ1n) is 12.3. The Morgan fingerprint density at radius 2 is 1.69 bits per heavy atom. The summed E-state index contributed by atoms with van der Waals surface area (Å²) in [5.41, 5.74) is 0.763. The third kappa shape index (κ3) is 7.48. The number of methoxy groups -OCH3 is 1. The Labute approximate surface area is 233 Å². The number of hydrogen-bond acceptors (Lipinski definition) is 5. The zero-order chi connectivity index (χ0) is 28.6. The second-order valence-corrected chi connectivity index (χ2v) is 10.9. The molecule has 3 rings (SSSR count). The van der Waals surface area contributed by atoms with E-state index in [1.807, 2.05) is 0 Å². The average molecular weight is 576 g/mol. The fourth-order valence-corrected chi connectivity index (χ4v) is 5.62. The highest BCUT2D eigenvalue weighted by Gasteiger charge is 2.33. The molecular weight excluding hydrogens is 545 g/mol. The van der Waals surface area contributed by atoms with E-state index >= 15 is 0 Å². The van der Waals surface area contributed by atoms with Crippen molar-refractivity contribution in [2.45, 2.75) is 37.8 Å². The maximum atomic E-state index is 13.9. The standard InChI is InChI=1S/C28H31ClFN3O5S/c1-4-26(28(35)31-5-2)32(18-20-9-11-22(30)12-10-20)27(34)19-33(23-8-6-7-21(29)17-23)39(36,37)25-15-13-24(38-3)14-16-25/h6-17,26H,4-5,18-19H2,1-3H3,(H,31,35)/t26-/m0/s1. The van der Waals surface area contributed by atoms with Crippen LogP contribution in [0.1, 0.15) is 25.8 Å². The number of rotatable bonds is 12. The summed E-state index contributed by atoms with van der Waals surface area (Å²) in [5.74, 6) is -0.958. The molecule has 0 heterocycles. The number of ether oxygens (including phenoxy) is 1. The Balaban J connectivity index is 2.05. The van der Waals surface area contributed by atoms with Gasteiger partial charge >= 0.3 is 0 Å². The highest BCUT2D eigenvalue weighted by Crippen LogP contribution is 2.28. The van der Waals surface area contributed by atoms with Crippen molar-refractivity contribution in [3.63, 3.8) is 0 Å². The van der Waals surface area contributed by atoms with E-state index in [0.29, 0.717) is 17.9 Å². The number of carbonyl (C=O) groups excluding carboxylic acids is 2. The minimum Gasteiger partial charge on any atom is -0.497 e. The second kappa shape index (κ2) is 13.4. The zero-order valence-electron chi connectivity index (χ0n) is 21.9. The maximum absolute atomic E-state index is 13.9. The number of nitrogens with zero attached hydrogens (tertiary/aromatic N) is 2. The molecule has 0 aliphatic rings. The molecule has 0 spiro atoms. The largest absolute Gasteiger partial charge is 0.497 e. The van der Waals surface area contributed by atoms with E-state index in [4.69, 9.17) is 16.3 Å². The van der Waals surface area contributed by atoms with Gasteiger partial charge in [0.25, 0.3) is 10.0 Å². The molecule has 0 saturated carbocycles. The van der Waals surface area contributed by atoms with Crippen molar-refractivity contribution in [1.29, 1.82) is 0 Å². The molecule has 0 aliphatic heterocycles. The second-order valence-electron chi connectivity index (χ2n) is 8.63. The van der Waals surface area contributed by atoms with E-state index in [0.717, 1.165) is 4.31 Å². The summed E-state index contributed by atoms with van der Waals surface area (Å²) in [7, 11) is -2.78. The van der Waals surface area contributed by atoms with Crippen molar-refractivity contribution in [2.24, 2.45) is 0 Å². The van der Waals surface area contributed by atoms with Gasteiger partial charge in [-0.1, -0.05) is 36.7 Å². The van der Waals surface area contributed by atoms with E-state index in [1.54, 1.807) is 26.0 Å². The number of sulfonamides is 1. The summed E-state index contributed by atoms with van der Waals surface area (Å²) in [6, 6.07) is 16.6. The molecule has 39 heavy (non-hydrogen) atoms. The third-order valence-electron chi connectivity index (χ3n) is 6.03. The van der Waals surface area contributed by atoms with Gasteiger partial charge < -0.3 is 15.0 Å². The molecule has 0 saturated heterocycles. The zero-order valence-corrected chi connectivity index (χ0v) is 23.5. The van der Waals surface area contributed by atoms with Crippen molar-refractivity contribution >= 4 is 39.1 Å². The monoisotopic (exact) mass is 575 g/mol. The first kappa shape index (κ1) is 29.9.